The Balaban J connectivity index is 1.44. The van der Waals surface area contributed by atoms with Gasteiger partial charge in [-0.1, -0.05) is 17.7 Å². The number of benzene rings is 2. The summed E-state index contributed by atoms with van der Waals surface area (Å²) in [5, 5.41) is 2.68. The van der Waals surface area contributed by atoms with Crippen molar-refractivity contribution in [1.29, 1.82) is 0 Å². The second kappa shape index (κ2) is 8.81. The second-order valence-electron chi connectivity index (χ2n) is 6.12. The summed E-state index contributed by atoms with van der Waals surface area (Å²) in [4.78, 5) is 24.9. The van der Waals surface area contributed by atoms with Gasteiger partial charge in [-0.2, -0.15) is 0 Å². The van der Waals surface area contributed by atoms with Crippen LogP contribution in [-0.4, -0.2) is 37.4 Å². The zero-order chi connectivity index (χ0) is 19.2. The molecule has 1 heterocycles. The average molecular weight is 387 g/mol. The summed E-state index contributed by atoms with van der Waals surface area (Å²) in [6.45, 7) is 4.65. The molecule has 27 heavy (non-hydrogen) atoms. The molecule has 0 unspecified atom stereocenters. The average Bonchev–Trinajstić information content (AvgIpc) is 2.67. The lowest BCUT2D eigenvalue weighted by atomic mass is 10.2. The SMILES string of the molecule is Cc1ccc(C)c(SCC(=O)OCC(=O)Nc2ccc3c(c2)OCCO3)c1. The van der Waals surface area contributed by atoms with E-state index in [1.54, 1.807) is 18.2 Å². The maximum absolute atomic E-state index is 12.0. The minimum atomic E-state index is -0.432. The minimum Gasteiger partial charge on any atom is -0.486 e. The van der Waals surface area contributed by atoms with Crippen molar-refractivity contribution in [3.05, 3.63) is 47.5 Å². The summed E-state index contributed by atoms with van der Waals surface area (Å²) in [7, 11) is 0. The Hall–Kier alpha value is -2.67. The van der Waals surface area contributed by atoms with Gasteiger partial charge in [0.05, 0.1) is 5.75 Å². The van der Waals surface area contributed by atoms with E-state index in [4.69, 9.17) is 14.2 Å². The van der Waals surface area contributed by atoms with Crippen molar-refractivity contribution in [2.45, 2.75) is 18.7 Å². The molecule has 0 radical (unpaired) electrons. The van der Waals surface area contributed by atoms with Crippen LogP contribution in [0.25, 0.3) is 0 Å². The van der Waals surface area contributed by atoms with Crippen LogP contribution in [0.15, 0.2) is 41.3 Å². The fourth-order valence-corrected chi connectivity index (χ4v) is 3.43. The molecule has 0 atom stereocenters. The van der Waals surface area contributed by atoms with Crippen molar-refractivity contribution in [2.24, 2.45) is 0 Å². The number of aryl methyl sites for hydroxylation is 2. The number of esters is 1. The fourth-order valence-electron chi connectivity index (χ4n) is 2.51. The summed E-state index contributed by atoms with van der Waals surface area (Å²) in [6, 6.07) is 11.2. The highest BCUT2D eigenvalue weighted by atomic mass is 32.2. The van der Waals surface area contributed by atoms with Crippen molar-refractivity contribution in [2.75, 3.05) is 30.9 Å². The number of ether oxygens (including phenoxy) is 3. The van der Waals surface area contributed by atoms with Crippen molar-refractivity contribution >= 4 is 29.3 Å². The van der Waals surface area contributed by atoms with E-state index in [0.29, 0.717) is 30.4 Å². The molecule has 142 valence electrons. The van der Waals surface area contributed by atoms with Gasteiger partial charge < -0.3 is 19.5 Å². The van der Waals surface area contributed by atoms with Crippen LogP contribution in [0.2, 0.25) is 0 Å². The van der Waals surface area contributed by atoms with E-state index >= 15 is 0 Å². The molecule has 6 nitrogen and oxygen atoms in total. The van der Waals surface area contributed by atoms with Crippen molar-refractivity contribution in [3.8, 4) is 11.5 Å². The molecule has 3 rings (SSSR count). The van der Waals surface area contributed by atoms with Crippen LogP contribution in [0.5, 0.6) is 11.5 Å². The molecule has 0 aromatic heterocycles. The lowest BCUT2D eigenvalue weighted by Crippen LogP contribution is -2.22. The highest BCUT2D eigenvalue weighted by molar-refractivity contribution is 8.00. The smallest absolute Gasteiger partial charge is 0.316 e. The van der Waals surface area contributed by atoms with E-state index in [2.05, 4.69) is 5.32 Å². The predicted octanol–water partition coefficient (Wildman–Crippen LogP) is 3.35. The van der Waals surface area contributed by atoms with E-state index in [9.17, 15) is 9.59 Å². The lowest BCUT2D eigenvalue weighted by molar-refractivity contribution is -0.144. The molecule has 2 aromatic carbocycles. The first-order chi connectivity index (χ1) is 13.0. The van der Waals surface area contributed by atoms with Gasteiger partial charge in [0, 0.05) is 16.6 Å². The molecule has 0 saturated heterocycles. The highest BCUT2D eigenvalue weighted by Gasteiger charge is 2.14. The quantitative estimate of drug-likeness (QED) is 0.605. The number of carbonyl (C=O) groups excluding carboxylic acids is 2. The largest absolute Gasteiger partial charge is 0.486 e. The number of fused-ring (bicyclic) bond motifs is 1. The number of thioether (sulfide) groups is 1. The number of hydrogen-bond acceptors (Lipinski definition) is 6. The van der Waals surface area contributed by atoms with E-state index in [0.717, 1.165) is 16.0 Å². The number of carbonyl (C=O) groups is 2. The molecule has 0 aliphatic carbocycles. The van der Waals surface area contributed by atoms with Gasteiger partial charge in [0.25, 0.3) is 5.91 Å². The Bertz CT molecular complexity index is 852. The van der Waals surface area contributed by atoms with Crippen LogP contribution < -0.4 is 14.8 Å². The van der Waals surface area contributed by atoms with Gasteiger partial charge >= 0.3 is 5.97 Å². The summed E-state index contributed by atoms with van der Waals surface area (Å²) < 4.78 is 16.0. The monoisotopic (exact) mass is 387 g/mol. The number of amides is 1. The topological polar surface area (TPSA) is 73.9 Å². The molecule has 2 aromatic rings. The maximum atomic E-state index is 12.0. The number of nitrogens with one attached hydrogen (secondary N) is 1. The Kier molecular flexibility index (Phi) is 6.24. The summed E-state index contributed by atoms with van der Waals surface area (Å²) in [5.74, 6) is 0.548. The van der Waals surface area contributed by atoms with Gasteiger partial charge in [0.2, 0.25) is 0 Å². The molecule has 1 amide bonds. The Labute approximate surface area is 162 Å². The molecule has 7 heteroatoms. The first-order valence-electron chi connectivity index (χ1n) is 8.56. The van der Waals surface area contributed by atoms with E-state index in [1.807, 2.05) is 32.0 Å². The number of anilines is 1. The maximum Gasteiger partial charge on any atom is 0.316 e. The van der Waals surface area contributed by atoms with Crippen LogP contribution in [0, 0.1) is 13.8 Å². The van der Waals surface area contributed by atoms with Crippen LogP contribution in [0.1, 0.15) is 11.1 Å². The summed E-state index contributed by atoms with van der Waals surface area (Å²) in [5.41, 5.74) is 2.80. The third kappa shape index (κ3) is 5.40. The van der Waals surface area contributed by atoms with E-state index < -0.39 is 11.9 Å². The molecular weight excluding hydrogens is 366 g/mol. The highest BCUT2D eigenvalue weighted by Crippen LogP contribution is 2.32. The number of rotatable bonds is 6. The predicted molar refractivity (Wildman–Crippen MR) is 104 cm³/mol. The van der Waals surface area contributed by atoms with Gasteiger partial charge in [-0.3, -0.25) is 9.59 Å². The van der Waals surface area contributed by atoms with Crippen molar-refractivity contribution < 1.29 is 23.8 Å². The van der Waals surface area contributed by atoms with Gasteiger partial charge in [0.15, 0.2) is 18.1 Å². The Morgan fingerprint density at radius 1 is 1.07 bits per heavy atom. The summed E-state index contributed by atoms with van der Waals surface area (Å²) >= 11 is 1.40. The van der Waals surface area contributed by atoms with Crippen LogP contribution >= 0.6 is 11.8 Å². The van der Waals surface area contributed by atoms with E-state index in [-0.39, 0.29) is 12.4 Å². The number of hydrogen-bond donors (Lipinski definition) is 1. The molecule has 0 saturated carbocycles. The molecule has 1 N–H and O–H groups in total. The molecule has 0 bridgehead atoms. The normalized spacial score (nSPS) is 12.4. The van der Waals surface area contributed by atoms with Gasteiger partial charge in [0.1, 0.15) is 13.2 Å². The Morgan fingerprint density at radius 3 is 2.67 bits per heavy atom. The second-order valence-corrected chi connectivity index (χ2v) is 7.14. The lowest BCUT2D eigenvalue weighted by Gasteiger charge is -2.19. The van der Waals surface area contributed by atoms with Crippen LogP contribution in [-0.2, 0) is 14.3 Å². The summed E-state index contributed by atoms with van der Waals surface area (Å²) in [6.07, 6.45) is 0. The third-order valence-corrected chi connectivity index (χ3v) is 5.01. The van der Waals surface area contributed by atoms with Gasteiger partial charge in [-0.15, -0.1) is 11.8 Å². The fraction of sp³-hybridized carbons (Fsp3) is 0.300. The van der Waals surface area contributed by atoms with Crippen molar-refractivity contribution in [3.63, 3.8) is 0 Å². The van der Waals surface area contributed by atoms with E-state index in [1.165, 1.54) is 11.8 Å². The zero-order valence-corrected chi connectivity index (χ0v) is 16.1. The molecule has 1 aliphatic heterocycles. The molecule has 1 aliphatic rings. The van der Waals surface area contributed by atoms with Crippen LogP contribution in [0.4, 0.5) is 5.69 Å². The first-order valence-corrected chi connectivity index (χ1v) is 9.55. The standard InChI is InChI=1S/C20H21NO5S/c1-13-3-4-14(2)18(9-13)27-12-20(23)26-11-19(22)21-15-5-6-16-17(10-15)25-8-7-24-16/h3-6,9-10H,7-8,11-12H2,1-2H3,(H,21,22). The third-order valence-electron chi connectivity index (χ3n) is 3.88. The van der Waals surface area contributed by atoms with Gasteiger partial charge in [-0.25, -0.2) is 0 Å². The van der Waals surface area contributed by atoms with Crippen molar-refractivity contribution in [1.82, 2.24) is 0 Å². The molecule has 0 fully saturated rings. The zero-order valence-electron chi connectivity index (χ0n) is 15.2. The minimum absolute atomic E-state index is 0.154. The molecular formula is C20H21NO5S. The van der Waals surface area contributed by atoms with Gasteiger partial charge in [-0.05, 0) is 37.6 Å². The Morgan fingerprint density at radius 2 is 1.85 bits per heavy atom. The first kappa shape index (κ1) is 19.1. The van der Waals surface area contributed by atoms with Crippen LogP contribution in [0.3, 0.4) is 0 Å². The molecule has 0 spiro atoms.